The van der Waals surface area contributed by atoms with Crippen molar-refractivity contribution >= 4 is 29.6 Å². The molecule has 2 aliphatic heterocycles. The van der Waals surface area contributed by atoms with Crippen LogP contribution in [0.5, 0.6) is 0 Å². The lowest BCUT2D eigenvalue weighted by molar-refractivity contribution is -0.000119. The summed E-state index contributed by atoms with van der Waals surface area (Å²) in [6.07, 6.45) is 4.27. The second-order valence-corrected chi connectivity index (χ2v) is 7.21. The highest BCUT2D eigenvalue weighted by Gasteiger charge is 2.28. The average molecular weight is 423 g/mol. The molecule has 11 heteroatoms. The van der Waals surface area contributed by atoms with Crippen molar-refractivity contribution < 1.29 is 18.7 Å². The molecule has 0 spiro atoms. The van der Waals surface area contributed by atoms with Crippen LogP contribution < -0.4 is 16.0 Å². The van der Waals surface area contributed by atoms with Crippen molar-refractivity contribution in [1.82, 2.24) is 19.9 Å². The molecule has 0 radical (unpaired) electrons. The van der Waals surface area contributed by atoms with E-state index in [0.717, 1.165) is 11.4 Å². The molecular weight excluding hydrogens is 403 g/mol. The van der Waals surface area contributed by atoms with Crippen LogP contribution in [0.15, 0.2) is 17.4 Å². The number of hydrogen-bond donors (Lipinski definition) is 2. The topological polar surface area (TPSA) is 105 Å². The van der Waals surface area contributed by atoms with Gasteiger partial charge in [-0.25, -0.2) is 19.2 Å². The van der Waals surface area contributed by atoms with Crippen LogP contribution in [-0.4, -0.2) is 77.3 Å². The molecule has 1 amide bonds. The molecule has 154 valence electrons. The third-order valence-corrected chi connectivity index (χ3v) is 5.06. The van der Waals surface area contributed by atoms with Gasteiger partial charge in [0.05, 0.1) is 44.5 Å². The Morgan fingerprint density at radius 2 is 2.41 bits per heavy atom. The van der Waals surface area contributed by atoms with Gasteiger partial charge in [0.2, 0.25) is 0 Å². The van der Waals surface area contributed by atoms with Crippen molar-refractivity contribution in [3.8, 4) is 11.4 Å². The largest absolute Gasteiger partial charge is 0.453 e. The van der Waals surface area contributed by atoms with E-state index in [1.807, 2.05) is 6.08 Å². The van der Waals surface area contributed by atoms with Gasteiger partial charge < -0.3 is 19.8 Å². The number of aromatic nitrogens is 3. The summed E-state index contributed by atoms with van der Waals surface area (Å²) in [4.78, 5) is 29.3. The Balaban J connectivity index is 1.56. The van der Waals surface area contributed by atoms with E-state index in [1.165, 1.54) is 7.11 Å². The quantitative estimate of drug-likeness (QED) is 0.696. The highest BCUT2D eigenvalue weighted by molar-refractivity contribution is 6.24. The van der Waals surface area contributed by atoms with Crippen molar-refractivity contribution in [3.63, 3.8) is 0 Å². The van der Waals surface area contributed by atoms with Crippen LogP contribution in [0.4, 0.5) is 15.0 Å². The first-order chi connectivity index (χ1) is 14.1. The van der Waals surface area contributed by atoms with Crippen LogP contribution in [0.25, 0.3) is 17.5 Å². The summed E-state index contributed by atoms with van der Waals surface area (Å²) in [6, 6.07) is -0.307. The number of methoxy groups -OCH3 is 1. The second-order valence-electron chi connectivity index (χ2n) is 6.65. The van der Waals surface area contributed by atoms with Crippen molar-refractivity contribution in [1.29, 1.82) is 0 Å². The Morgan fingerprint density at radius 1 is 1.55 bits per heavy atom. The molecule has 4 rings (SSSR count). The standard InChI is InChI=1S/C18H20ClFN6O3/c1-28-18(27)26-2-3-29-9-11(26)6-22-17-14(20)8-24-16(25-17)13-7-23-15-12(13)4-10(19)5-21-15/h4,7-8,10-11H,2-3,5-6,9H2,1H3,(H,21,23)(H,22,24,25). The molecule has 2 unspecified atom stereocenters. The van der Waals surface area contributed by atoms with Gasteiger partial charge in [0.25, 0.3) is 0 Å². The second kappa shape index (κ2) is 8.34. The molecule has 0 aliphatic carbocycles. The molecule has 2 aliphatic rings. The van der Waals surface area contributed by atoms with Crippen molar-refractivity contribution in [2.24, 2.45) is 4.99 Å². The van der Waals surface area contributed by atoms with Crippen LogP contribution >= 0.6 is 11.6 Å². The van der Waals surface area contributed by atoms with Gasteiger partial charge in [0.15, 0.2) is 17.5 Å². The zero-order valence-electron chi connectivity index (χ0n) is 15.7. The zero-order valence-corrected chi connectivity index (χ0v) is 16.4. The minimum absolute atomic E-state index is 0.0375. The van der Waals surface area contributed by atoms with Gasteiger partial charge >= 0.3 is 6.09 Å². The number of hydrogen-bond acceptors (Lipinski definition) is 7. The number of H-pyrrole nitrogens is 1. The number of carbonyl (C=O) groups excluding carboxylic acids is 1. The Morgan fingerprint density at radius 3 is 3.24 bits per heavy atom. The maximum absolute atomic E-state index is 14.3. The summed E-state index contributed by atoms with van der Waals surface area (Å²) < 4.78 is 24.5. The first-order valence-corrected chi connectivity index (χ1v) is 9.57. The number of halogens is 2. The van der Waals surface area contributed by atoms with E-state index in [9.17, 15) is 9.18 Å². The number of alkyl halides is 1. The third kappa shape index (κ3) is 4.03. The number of morpholine rings is 1. The fourth-order valence-corrected chi connectivity index (χ4v) is 3.53. The molecule has 29 heavy (non-hydrogen) atoms. The number of rotatable bonds is 4. The van der Waals surface area contributed by atoms with Crippen LogP contribution in [-0.2, 0) is 9.47 Å². The lowest BCUT2D eigenvalue weighted by atomic mass is 10.2. The highest BCUT2D eigenvalue weighted by atomic mass is 35.5. The molecular formula is C18H20ClFN6O3. The van der Waals surface area contributed by atoms with Gasteiger partial charge in [-0.2, -0.15) is 0 Å². The molecule has 9 nitrogen and oxygen atoms in total. The molecule has 1 fully saturated rings. The smallest absolute Gasteiger partial charge is 0.409 e. The van der Waals surface area contributed by atoms with E-state index in [0.29, 0.717) is 43.2 Å². The normalized spacial score (nSPS) is 21.0. The molecule has 0 bridgehead atoms. The third-order valence-electron chi connectivity index (χ3n) is 4.80. The van der Waals surface area contributed by atoms with E-state index in [2.05, 4.69) is 25.3 Å². The van der Waals surface area contributed by atoms with Gasteiger partial charge in [0.1, 0.15) is 5.49 Å². The molecule has 0 aromatic carbocycles. The molecule has 2 aromatic heterocycles. The summed E-state index contributed by atoms with van der Waals surface area (Å²) in [5.74, 6) is -0.216. The summed E-state index contributed by atoms with van der Waals surface area (Å²) in [5.41, 5.74) is 1.39. The minimum Gasteiger partial charge on any atom is -0.453 e. The van der Waals surface area contributed by atoms with Crippen LogP contribution in [0.1, 0.15) is 0 Å². The molecule has 2 atom stereocenters. The van der Waals surface area contributed by atoms with Crippen molar-refractivity contribution in [2.45, 2.75) is 11.4 Å². The molecule has 1 saturated heterocycles. The van der Waals surface area contributed by atoms with Gasteiger partial charge in [-0.3, -0.25) is 9.89 Å². The molecule has 4 heterocycles. The van der Waals surface area contributed by atoms with Crippen molar-refractivity contribution in [3.05, 3.63) is 28.9 Å². The number of nitrogens with one attached hydrogen (secondary N) is 2. The lowest BCUT2D eigenvalue weighted by Crippen LogP contribution is -2.51. The van der Waals surface area contributed by atoms with E-state index < -0.39 is 11.9 Å². The maximum Gasteiger partial charge on any atom is 0.409 e. The number of carbonyl (C=O) groups is 1. The van der Waals surface area contributed by atoms with Gasteiger partial charge in [0, 0.05) is 30.1 Å². The monoisotopic (exact) mass is 422 g/mol. The Bertz CT molecular complexity index is 1030. The van der Waals surface area contributed by atoms with E-state index in [-0.39, 0.29) is 23.8 Å². The highest BCUT2D eigenvalue weighted by Crippen LogP contribution is 2.17. The van der Waals surface area contributed by atoms with Crippen molar-refractivity contribution in [2.75, 3.05) is 45.3 Å². The summed E-state index contributed by atoms with van der Waals surface area (Å²) in [6.45, 7) is 1.90. The Kier molecular flexibility index (Phi) is 5.63. The van der Waals surface area contributed by atoms with E-state index >= 15 is 0 Å². The number of anilines is 1. The van der Waals surface area contributed by atoms with E-state index in [1.54, 1.807) is 11.1 Å². The average Bonchev–Trinajstić information content (AvgIpc) is 3.16. The Labute approximate surface area is 170 Å². The van der Waals surface area contributed by atoms with Crippen LogP contribution in [0.2, 0.25) is 0 Å². The number of nitrogens with zero attached hydrogens (tertiary/aromatic N) is 4. The number of ether oxygens (including phenoxy) is 2. The number of amides is 1. The van der Waals surface area contributed by atoms with E-state index in [4.69, 9.17) is 21.1 Å². The van der Waals surface area contributed by atoms with Gasteiger partial charge in [-0.1, -0.05) is 6.08 Å². The van der Waals surface area contributed by atoms with Crippen LogP contribution in [0, 0.1) is 5.82 Å². The first kappa shape index (κ1) is 19.6. The zero-order chi connectivity index (χ0) is 20.4. The minimum atomic E-state index is -0.594. The maximum atomic E-state index is 14.3. The molecule has 2 aromatic rings. The van der Waals surface area contributed by atoms with Gasteiger partial charge in [-0.15, -0.1) is 11.6 Å². The van der Waals surface area contributed by atoms with Gasteiger partial charge in [-0.05, 0) is 0 Å². The summed E-state index contributed by atoms with van der Waals surface area (Å²) in [7, 11) is 1.32. The lowest BCUT2D eigenvalue weighted by Gasteiger charge is -2.34. The summed E-state index contributed by atoms with van der Waals surface area (Å²) >= 11 is 6.17. The predicted octanol–water partition coefficient (Wildman–Crippen LogP) is 0.511. The number of fused-ring (bicyclic) bond motifs is 1. The summed E-state index contributed by atoms with van der Waals surface area (Å²) in [5, 5.41) is 3.54. The molecule has 0 saturated carbocycles. The predicted molar refractivity (Wildman–Crippen MR) is 104 cm³/mol. The first-order valence-electron chi connectivity index (χ1n) is 9.13. The van der Waals surface area contributed by atoms with Crippen LogP contribution in [0.3, 0.4) is 0 Å². The molecule has 2 N–H and O–H groups in total. The Hall–Kier alpha value is -2.72. The number of aromatic amines is 1. The fraction of sp³-hybridized carbons (Fsp3) is 0.444. The fourth-order valence-electron chi connectivity index (χ4n) is 3.34. The SMILES string of the molecule is COC(=O)N1CCOCC1CNc1nc(-c2c[nH]c3c2=CC(Cl)CN=3)ncc1F.